The third kappa shape index (κ3) is 5.01. The van der Waals surface area contributed by atoms with Crippen LogP contribution in [0.15, 0.2) is 34.9 Å². The molecule has 7 nitrogen and oxygen atoms in total. The minimum atomic E-state index is -4.62. The standard InChI is InChI=1S/C25H28F3N5O2/c1-5-7-17-13-19-22(35-31-23(19)25(26,27)28)18(8-6-2)20(17)34-21(24-29-32-33-30-24)16-11-9-15(10-12-16)14(3)4/h9-14,21H,5-8H2,1-4H3,(H,29,30,32,33). The number of ether oxygens (including phenoxy) is 1. The first-order valence-electron chi connectivity index (χ1n) is 11.8. The Balaban J connectivity index is 1.88. The Morgan fingerprint density at radius 3 is 2.29 bits per heavy atom. The minimum absolute atomic E-state index is 0.0471. The number of nitrogens with zero attached hydrogens (tertiary/aromatic N) is 4. The number of halogens is 3. The number of H-pyrrole nitrogens is 1. The summed E-state index contributed by atoms with van der Waals surface area (Å²) in [6.07, 6.45) is -2.96. The number of alkyl halides is 3. The lowest BCUT2D eigenvalue weighted by atomic mass is 9.97. The fourth-order valence-corrected chi connectivity index (χ4v) is 4.19. The smallest absolute Gasteiger partial charge is 0.437 e. The van der Waals surface area contributed by atoms with Gasteiger partial charge in [-0.2, -0.15) is 18.4 Å². The number of fused-ring (bicyclic) bond motifs is 1. The summed E-state index contributed by atoms with van der Waals surface area (Å²) < 4.78 is 52.7. The van der Waals surface area contributed by atoms with Crippen LogP contribution in [0, 0.1) is 0 Å². The molecular weight excluding hydrogens is 459 g/mol. The van der Waals surface area contributed by atoms with E-state index in [-0.39, 0.29) is 11.0 Å². The molecule has 186 valence electrons. The van der Waals surface area contributed by atoms with Gasteiger partial charge in [0.2, 0.25) is 5.82 Å². The van der Waals surface area contributed by atoms with Gasteiger partial charge in [0.05, 0.1) is 5.39 Å². The average molecular weight is 488 g/mol. The second-order valence-electron chi connectivity index (χ2n) is 8.84. The molecule has 0 saturated heterocycles. The summed E-state index contributed by atoms with van der Waals surface area (Å²) in [4.78, 5) is 0. The quantitative estimate of drug-likeness (QED) is 0.288. The van der Waals surface area contributed by atoms with Crippen LogP contribution >= 0.6 is 0 Å². The van der Waals surface area contributed by atoms with E-state index in [1.54, 1.807) is 0 Å². The number of rotatable bonds is 9. The molecule has 0 fully saturated rings. The highest BCUT2D eigenvalue weighted by Gasteiger charge is 2.38. The number of tetrazole rings is 1. The highest BCUT2D eigenvalue weighted by molar-refractivity contribution is 5.86. The fourth-order valence-electron chi connectivity index (χ4n) is 4.19. The fraction of sp³-hybridized carbons (Fsp3) is 0.440. The number of aromatic nitrogens is 5. The second kappa shape index (κ2) is 10.1. The van der Waals surface area contributed by atoms with E-state index in [0.717, 1.165) is 12.0 Å². The van der Waals surface area contributed by atoms with Crippen LogP contribution < -0.4 is 4.74 Å². The van der Waals surface area contributed by atoms with Crippen molar-refractivity contribution in [2.24, 2.45) is 0 Å². The van der Waals surface area contributed by atoms with Crippen molar-refractivity contribution in [2.75, 3.05) is 0 Å². The predicted molar refractivity (Wildman–Crippen MR) is 124 cm³/mol. The molecule has 2 aromatic heterocycles. The van der Waals surface area contributed by atoms with Crippen LogP contribution in [0.1, 0.15) is 86.3 Å². The van der Waals surface area contributed by atoms with Crippen molar-refractivity contribution in [3.05, 3.63) is 64.1 Å². The van der Waals surface area contributed by atoms with Gasteiger partial charge >= 0.3 is 6.18 Å². The minimum Gasteiger partial charge on any atom is -0.477 e. The third-order valence-corrected chi connectivity index (χ3v) is 5.91. The molecule has 2 heterocycles. The van der Waals surface area contributed by atoms with Gasteiger partial charge in [-0.3, -0.25) is 0 Å². The molecule has 4 rings (SSSR count). The molecule has 0 aliphatic carbocycles. The molecule has 10 heteroatoms. The molecule has 0 aliphatic heterocycles. The van der Waals surface area contributed by atoms with Crippen LogP contribution in [-0.4, -0.2) is 25.8 Å². The van der Waals surface area contributed by atoms with Crippen molar-refractivity contribution in [1.29, 1.82) is 0 Å². The van der Waals surface area contributed by atoms with Crippen LogP contribution in [-0.2, 0) is 19.0 Å². The molecule has 0 amide bonds. The number of nitrogens with one attached hydrogen (secondary N) is 1. The molecule has 0 radical (unpaired) electrons. The molecule has 0 bridgehead atoms. The zero-order chi connectivity index (χ0) is 25.2. The van der Waals surface area contributed by atoms with Crippen LogP contribution in [0.3, 0.4) is 0 Å². The van der Waals surface area contributed by atoms with Crippen molar-refractivity contribution < 1.29 is 22.4 Å². The monoisotopic (exact) mass is 487 g/mol. The summed E-state index contributed by atoms with van der Waals surface area (Å²) in [5, 5.41) is 17.7. The first kappa shape index (κ1) is 24.7. The first-order valence-corrected chi connectivity index (χ1v) is 11.8. The maximum Gasteiger partial charge on any atom is 0.437 e. The lowest BCUT2D eigenvalue weighted by molar-refractivity contribution is -0.141. The van der Waals surface area contributed by atoms with Crippen molar-refractivity contribution in [3.63, 3.8) is 0 Å². The van der Waals surface area contributed by atoms with Crippen LogP contribution in [0.2, 0.25) is 0 Å². The lowest BCUT2D eigenvalue weighted by Gasteiger charge is -2.22. The molecule has 1 N–H and O–H groups in total. The van der Waals surface area contributed by atoms with E-state index in [1.807, 2.05) is 38.1 Å². The van der Waals surface area contributed by atoms with Gasteiger partial charge < -0.3 is 9.26 Å². The van der Waals surface area contributed by atoms with Crippen LogP contribution in [0.25, 0.3) is 11.0 Å². The van der Waals surface area contributed by atoms with E-state index in [1.165, 1.54) is 11.6 Å². The summed E-state index contributed by atoms with van der Waals surface area (Å²) in [6, 6.07) is 9.42. The molecule has 1 unspecified atom stereocenters. The van der Waals surface area contributed by atoms with Crippen LogP contribution in [0.5, 0.6) is 5.75 Å². The zero-order valence-electron chi connectivity index (χ0n) is 20.1. The molecule has 2 aromatic carbocycles. The highest BCUT2D eigenvalue weighted by Crippen LogP contribution is 2.42. The van der Waals surface area contributed by atoms with Gasteiger partial charge in [-0.15, -0.1) is 10.2 Å². The van der Waals surface area contributed by atoms with E-state index >= 15 is 0 Å². The Morgan fingerprint density at radius 1 is 1.03 bits per heavy atom. The summed E-state index contributed by atoms with van der Waals surface area (Å²) in [5.41, 5.74) is 2.26. The summed E-state index contributed by atoms with van der Waals surface area (Å²) in [7, 11) is 0. The van der Waals surface area contributed by atoms with Gasteiger partial charge in [0, 0.05) is 11.1 Å². The van der Waals surface area contributed by atoms with E-state index in [2.05, 4.69) is 39.6 Å². The van der Waals surface area contributed by atoms with E-state index < -0.39 is 18.0 Å². The number of hydrogen-bond acceptors (Lipinski definition) is 6. The van der Waals surface area contributed by atoms with Gasteiger partial charge in [0.15, 0.2) is 17.4 Å². The molecule has 0 saturated carbocycles. The number of hydrogen-bond donors (Lipinski definition) is 1. The van der Waals surface area contributed by atoms with E-state index in [4.69, 9.17) is 9.26 Å². The van der Waals surface area contributed by atoms with Gasteiger partial charge in [-0.25, -0.2) is 0 Å². The Morgan fingerprint density at radius 2 is 1.71 bits per heavy atom. The second-order valence-corrected chi connectivity index (χ2v) is 8.84. The number of aromatic amines is 1. The first-order chi connectivity index (χ1) is 16.7. The van der Waals surface area contributed by atoms with Crippen molar-refractivity contribution in [2.45, 2.75) is 71.6 Å². The highest BCUT2D eigenvalue weighted by atomic mass is 19.4. The van der Waals surface area contributed by atoms with Gasteiger partial charge in [-0.05, 0) is 36.0 Å². The SMILES string of the molecule is CCCc1cc2c(C(F)(F)F)noc2c(CCC)c1OC(c1ccc(C(C)C)cc1)c1nn[nH]n1. The molecule has 4 aromatic rings. The summed E-state index contributed by atoms with van der Waals surface area (Å²) in [6.45, 7) is 8.13. The molecule has 0 aliphatic rings. The Kier molecular flexibility index (Phi) is 7.09. The Labute approximate surface area is 201 Å². The largest absolute Gasteiger partial charge is 0.477 e. The van der Waals surface area contributed by atoms with Crippen molar-refractivity contribution in [1.82, 2.24) is 25.8 Å². The Bertz CT molecular complexity index is 1270. The van der Waals surface area contributed by atoms with Gasteiger partial charge in [-0.1, -0.05) is 75.2 Å². The molecular formula is C25H28F3N5O2. The number of benzene rings is 2. The predicted octanol–water partition coefficient (Wildman–Crippen LogP) is 6.56. The molecule has 1 atom stereocenters. The average Bonchev–Trinajstić information content (AvgIpc) is 3.49. The lowest BCUT2D eigenvalue weighted by Crippen LogP contribution is -2.14. The van der Waals surface area contributed by atoms with Crippen molar-refractivity contribution >= 4 is 11.0 Å². The number of aryl methyl sites for hydroxylation is 2. The van der Waals surface area contributed by atoms with Gasteiger partial charge in [0.25, 0.3) is 0 Å². The Hall–Kier alpha value is -3.43. The molecule has 0 spiro atoms. The maximum atomic E-state index is 13.6. The third-order valence-electron chi connectivity index (χ3n) is 5.91. The molecule has 35 heavy (non-hydrogen) atoms. The maximum absolute atomic E-state index is 13.6. The van der Waals surface area contributed by atoms with Gasteiger partial charge in [0.1, 0.15) is 5.75 Å². The summed E-state index contributed by atoms with van der Waals surface area (Å²) in [5.74, 6) is 1.16. The zero-order valence-corrected chi connectivity index (χ0v) is 20.1. The van der Waals surface area contributed by atoms with Crippen molar-refractivity contribution in [3.8, 4) is 5.75 Å². The summed E-state index contributed by atoms with van der Waals surface area (Å²) >= 11 is 0. The topological polar surface area (TPSA) is 89.7 Å². The van der Waals surface area contributed by atoms with Crippen LogP contribution in [0.4, 0.5) is 13.2 Å². The van der Waals surface area contributed by atoms with E-state index in [9.17, 15) is 13.2 Å². The van der Waals surface area contributed by atoms with E-state index in [0.29, 0.717) is 47.9 Å². The normalized spacial score (nSPS) is 13.0.